The Hall–Kier alpha value is -1.18. The zero-order valence-corrected chi connectivity index (χ0v) is 8.46. The van der Waals surface area contributed by atoms with Gasteiger partial charge in [0, 0.05) is 32.0 Å². The molecule has 0 amide bonds. The summed E-state index contributed by atoms with van der Waals surface area (Å²) in [7, 11) is 4.03. The average molecular weight is 178 g/mol. The molecular weight excluding hydrogens is 160 g/mol. The lowest BCUT2D eigenvalue weighted by Gasteiger charge is -2.11. The van der Waals surface area contributed by atoms with Crippen molar-refractivity contribution in [1.82, 2.24) is 10.2 Å². The van der Waals surface area contributed by atoms with Gasteiger partial charge >= 0.3 is 0 Å². The highest BCUT2D eigenvalue weighted by Crippen LogP contribution is 2.25. The summed E-state index contributed by atoms with van der Waals surface area (Å²) >= 11 is 0. The maximum Gasteiger partial charge on any atom is 0.0351 e. The summed E-state index contributed by atoms with van der Waals surface area (Å²) in [6, 6.07) is 0.776. The van der Waals surface area contributed by atoms with Crippen LogP contribution in [0.25, 0.3) is 0 Å². The minimum absolute atomic E-state index is 0.776. The van der Waals surface area contributed by atoms with E-state index in [9.17, 15) is 0 Å². The molecule has 0 aromatic rings. The van der Waals surface area contributed by atoms with Crippen LogP contribution in [0.4, 0.5) is 0 Å². The number of likely N-dealkylation sites (N-methyl/N-ethyl adjacent to an activating group) is 1. The summed E-state index contributed by atoms with van der Waals surface area (Å²) in [6.07, 6.45) is 10.6. The van der Waals surface area contributed by atoms with Gasteiger partial charge in [-0.3, -0.25) is 0 Å². The molecule has 0 saturated heterocycles. The van der Waals surface area contributed by atoms with Gasteiger partial charge < -0.3 is 10.2 Å². The molecule has 0 unspecified atom stereocenters. The van der Waals surface area contributed by atoms with Crippen LogP contribution in [-0.2, 0) is 0 Å². The Morgan fingerprint density at radius 2 is 2.23 bits per heavy atom. The minimum Gasteiger partial charge on any atom is -0.388 e. The summed E-state index contributed by atoms with van der Waals surface area (Å²) in [4.78, 5) is 2.26. The third kappa shape index (κ3) is 3.36. The Labute approximate surface area is 80.6 Å². The first kappa shape index (κ1) is 9.90. The van der Waals surface area contributed by atoms with Gasteiger partial charge in [0.05, 0.1) is 0 Å². The fourth-order valence-electron chi connectivity index (χ4n) is 1.15. The number of hydrogen-bond acceptors (Lipinski definition) is 2. The topological polar surface area (TPSA) is 15.3 Å². The third-order valence-corrected chi connectivity index (χ3v) is 2.20. The second-order valence-corrected chi connectivity index (χ2v) is 3.32. The number of hydrogen-bond donors (Lipinski definition) is 1. The number of rotatable bonds is 5. The van der Waals surface area contributed by atoms with Crippen molar-refractivity contribution in [1.29, 1.82) is 0 Å². The molecule has 1 fully saturated rings. The highest BCUT2D eigenvalue weighted by atomic mass is 15.1. The fourth-order valence-corrected chi connectivity index (χ4v) is 1.15. The molecule has 72 valence electrons. The summed E-state index contributed by atoms with van der Waals surface area (Å²) in [5, 5.41) is 3.09. The van der Waals surface area contributed by atoms with Crippen molar-refractivity contribution >= 4 is 0 Å². The second-order valence-electron chi connectivity index (χ2n) is 3.32. The molecule has 1 aliphatic rings. The Bertz CT molecular complexity index is 224. The van der Waals surface area contributed by atoms with Crippen molar-refractivity contribution in [3.63, 3.8) is 0 Å². The molecule has 13 heavy (non-hydrogen) atoms. The monoisotopic (exact) mass is 178 g/mol. The lowest BCUT2D eigenvalue weighted by Crippen LogP contribution is -2.13. The molecule has 0 heterocycles. The molecule has 2 heteroatoms. The van der Waals surface area contributed by atoms with E-state index in [0.29, 0.717) is 0 Å². The first-order valence-electron chi connectivity index (χ1n) is 4.68. The zero-order chi connectivity index (χ0) is 9.68. The van der Waals surface area contributed by atoms with E-state index in [4.69, 9.17) is 0 Å². The number of allylic oxidation sites excluding steroid dienone is 3. The van der Waals surface area contributed by atoms with Crippen LogP contribution in [0, 0.1) is 0 Å². The van der Waals surface area contributed by atoms with Gasteiger partial charge in [0.2, 0.25) is 0 Å². The van der Waals surface area contributed by atoms with E-state index >= 15 is 0 Å². The molecule has 1 rings (SSSR count). The van der Waals surface area contributed by atoms with Crippen molar-refractivity contribution in [3.8, 4) is 0 Å². The predicted octanol–water partition coefficient (Wildman–Crippen LogP) is 1.88. The van der Waals surface area contributed by atoms with Crippen LogP contribution in [0.1, 0.15) is 12.8 Å². The Balaban J connectivity index is 2.43. The van der Waals surface area contributed by atoms with Gasteiger partial charge in [0.15, 0.2) is 0 Å². The third-order valence-electron chi connectivity index (χ3n) is 2.20. The molecule has 1 aliphatic carbocycles. The molecule has 2 nitrogen and oxygen atoms in total. The summed E-state index contributed by atoms with van der Waals surface area (Å²) in [6.45, 7) is 3.66. The molecule has 0 radical (unpaired) electrons. The zero-order valence-electron chi connectivity index (χ0n) is 8.46. The van der Waals surface area contributed by atoms with E-state index in [2.05, 4.69) is 36.1 Å². The van der Waals surface area contributed by atoms with Gasteiger partial charge in [-0.15, -0.1) is 0 Å². The Morgan fingerprint density at radius 1 is 1.54 bits per heavy atom. The minimum atomic E-state index is 0.776. The highest BCUT2D eigenvalue weighted by Gasteiger charge is 2.23. The molecule has 0 aromatic heterocycles. The van der Waals surface area contributed by atoms with E-state index in [-0.39, 0.29) is 0 Å². The van der Waals surface area contributed by atoms with E-state index in [1.165, 1.54) is 12.8 Å². The largest absolute Gasteiger partial charge is 0.388 e. The van der Waals surface area contributed by atoms with Crippen LogP contribution in [-0.4, -0.2) is 25.0 Å². The van der Waals surface area contributed by atoms with Crippen molar-refractivity contribution in [3.05, 3.63) is 36.7 Å². The maximum atomic E-state index is 3.66. The van der Waals surface area contributed by atoms with E-state index < -0.39 is 0 Å². The van der Waals surface area contributed by atoms with Crippen molar-refractivity contribution in [2.45, 2.75) is 18.9 Å². The van der Waals surface area contributed by atoms with Crippen molar-refractivity contribution in [2.24, 2.45) is 0 Å². The van der Waals surface area contributed by atoms with Gasteiger partial charge in [-0.25, -0.2) is 0 Å². The molecule has 0 spiro atoms. The van der Waals surface area contributed by atoms with Crippen LogP contribution in [0.5, 0.6) is 0 Å². The van der Waals surface area contributed by atoms with Gasteiger partial charge in [0.25, 0.3) is 0 Å². The Morgan fingerprint density at radius 3 is 2.69 bits per heavy atom. The summed E-state index contributed by atoms with van der Waals surface area (Å²) in [5.74, 6) is 0. The Kier molecular flexibility index (Phi) is 3.62. The first-order chi connectivity index (χ1) is 6.27. The molecule has 1 N–H and O–H groups in total. The summed E-state index contributed by atoms with van der Waals surface area (Å²) < 4.78 is 0. The number of nitrogens with one attached hydrogen (secondary N) is 1. The maximum absolute atomic E-state index is 3.66. The molecule has 0 aromatic carbocycles. The quantitative estimate of drug-likeness (QED) is 0.647. The van der Waals surface area contributed by atoms with Crippen LogP contribution in [0.3, 0.4) is 0 Å². The average Bonchev–Trinajstić information content (AvgIpc) is 2.94. The number of nitrogens with zero attached hydrogens (tertiary/aromatic N) is 1. The van der Waals surface area contributed by atoms with E-state index in [0.717, 1.165) is 11.7 Å². The smallest absolute Gasteiger partial charge is 0.0351 e. The second kappa shape index (κ2) is 4.75. The van der Waals surface area contributed by atoms with E-state index in [1.807, 2.05) is 13.1 Å². The van der Waals surface area contributed by atoms with Gasteiger partial charge in [-0.05, 0) is 25.0 Å². The van der Waals surface area contributed by atoms with Crippen LogP contribution < -0.4 is 5.32 Å². The first-order valence-corrected chi connectivity index (χ1v) is 4.68. The fraction of sp³-hybridized carbons (Fsp3) is 0.455. The van der Waals surface area contributed by atoms with Gasteiger partial charge in [-0.1, -0.05) is 12.7 Å². The molecular formula is C11H18N2. The van der Waals surface area contributed by atoms with Crippen molar-refractivity contribution < 1.29 is 0 Å². The normalized spacial score (nSPS) is 17.5. The highest BCUT2D eigenvalue weighted by molar-refractivity contribution is 5.20. The molecule has 1 saturated carbocycles. The van der Waals surface area contributed by atoms with E-state index in [1.54, 1.807) is 6.08 Å². The van der Waals surface area contributed by atoms with Crippen LogP contribution in [0.15, 0.2) is 36.7 Å². The lowest BCUT2D eigenvalue weighted by atomic mass is 10.3. The standard InChI is InChI=1S/C11H18N2/c1-4-5-10(12-2)8-9-13(3)11-6-7-11/h4-5,8-9,11-12H,1,6-7H2,2-3H3/b9-8-,10-5+. The molecule has 0 bridgehead atoms. The molecule has 0 aliphatic heterocycles. The molecule has 0 atom stereocenters. The lowest BCUT2D eigenvalue weighted by molar-refractivity contribution is 0.446. The predicted molar refractivity (Wildman–Crippen MR) is 57.3 cm³/mol. The SMILES string of the molecule is C=C/C=C(\C=C/N(C)C1CC1)NC. The van der Waals surface area contributed by atoms with Crippen LogP contribution in [0.2, 0.25) is 0 Å². The van der Waals surface area contributed by atoms with Crippen LogP contribution >= 0.6 is 0 Å². The van der Waals surface area contributed by atoms with Gasteiger partial charge in [-0.2, -0.15) is 0 Å². The van der Waals surface area contributed by atoms with Crippen molar-refractivity contribution in [2.75, 3.05) is 14.1 Å². The summed E-state index contributed by atoms with van der Waals surface area (Å²) in [5.41, 5.74) is 1.09. The van der Waals surface area contributed by atoms with Gasteiger partial charge in [0.1, 0.15) is 0 Å².